The van der Waals surface area contributed by atoms with Crippen LogP contribution in [0.1, 0.15) is 37.8 Å². The lowest BCUT2D eigenvalue weighted by Gasteiger charge is -2.30. The van der Waals surface area contributed by atoms with Gasteiger partial charge in [-0.05, 0) is 45.3 Å². The minimum absolute atomic E-state index is 0.0772. The minimum atomic E-state index is -0.940. The molecule has 1 saturated heterocycles. The van der Waals surface area contributed by atoms with E-state index in [4.69, 9.17) is 27.9 Å². The highest BCUT2D eigenvalue weighted by Crippen LogP contribution is 2.63. The first-order valence-electron chi connectivity index (χ1n) is 8.42. The predicted octanol–water partition coefficient (Wildman–Crippen LogP) is 3.53. The van der Waals surface area contributed by atoms with E-state index in [1.165, 1.54) is 12.8 Å². The van der Waals surface area contributed by atoms with Gasteiger partial charge in [-0.25, -0.2) is 0 Å². The Morgan fingerprint density at radius 2 is 1.96 bits per heavy atom. The van der Waals surface area contributed by atoms with E-state index in [0.29, 0.717) is 13.0 Å². The molecule has 1 aromatic rings. The van der Waals surface area contributed by atoms with Crippen LogP contribution < -0.4 is 10.1 Å². The second kappa shape index (κ2) is 6.74. The molecule has 1 heterocycles. The van der Waals surface area contributed by atoms with Gasteiger partial charge in [-0.2, -0.15) is 0 Å². The summed E-state index contributed by atoms with van der Waals surface area (Å²) >= 11 is 12.2. The number of rotatable bonds is 6. The van der Waals surface area contributed by atoms with Gasteiger partial charge in [0.2, 0.25) is 5.91 Å². The average Bonchev–Trinajstić information content (AvgIpc) is 2.95. The number of methoxy groups -OCH3 is 1. The minimum Gasteiger partial charge on any atom is -0.496 e. The number of alkyl halides is 2. The summed E-state index contributed by atoms with van der Waals surface area (Å²) in [4.78, 5) is 14.9. The molecule has 1 aromatic carbocycles. The van der Waals surface area contributed by atoms with Crippen LogP contribution in [0.15, 0.2) is 24.3 Å². The van der Waals surface area contributed by atoms with Crippen LogP contribution in [0.3, 0.4) is 0 Å². The van der Waals surface area contributed by atoms with Crippen molar-refractivity contribution >= 4 is 29.1 Å². The van der Waals surface area contributed by atoms with Crippen molar-refractivity contribution < 1.29 is 9.53 Å². The molecule has 2 unspecified atom stereocenters. The van der Waals surface area contributed by atoms with Crippen molar-refractivity contribution in [3.05, 3.63) is 29.8 Å². The zero-order valence-corrected chi connectivity index (χ0v) is 15.7. The summed E-state index contributed by atoms with van der Waals surface area (Å²) in [7, 11) is 1.68. The molecule has 6 heteroatoms. The average molecular weight is 371 g/mol. The Kier molecular flexibility index (Phi) is 5.01. The molecule has 1 amide bonds. The molecule has 0 radical (unpaired) electrons. The second-order valence-electron chi connectivity index (χ2n) is 6.92. The van der Waals surface area contributed by atoms with E-state index in [0.717, 1.165) is 24.4 Å². The van der Waals surface area contributed by atoms with Gasteiger partial charge in [0.25, 0.3) is 0 Å². The van der Waals surface area contributed by atoms with Crippen LogP contribution in [0.25, 0.3) is 0 Å². The first-order valence-corrected chi connectivity index (χ1v) is 9.18. The molecular weight excluding hydrogens is 347 g/mol. The Balaban J connectivity index is 1.75. The summed E-state index contributed by atoms with van der Waals surface area (Å²) in [5, 5.41) is 3.06. The van der Waals surface area contributed by atoms with Crippen LogP contribution in [0.4, 0.5) is 0 Å². The molecule has 2 atom stereocenters. The number of halogens is 2. The highest BCUT2D eigenvalue weighted by molar-refractivity contribution is 6.53. The molecule has 1 saturated carbocycles. The maximum absolute atomic E-state index is 12.5. The number of carbonyl (C=O) groups excluding carboxylic acids is 1. The topological polar surface area (TPSA) is 41.6 Å². The Morgan fingerprint density at radius 1 is 1.33 bits per heavy atom. The molecule has 0 bridgehead atoms. The van der Waals surface area contributed by atoms with Crippen LogP contribution in [-0.4, -0.2) is 41.9 Å². The third kappa shape index (κ3) is 3.24. The third-order valence-corrected chi connectivity index (χ3v) is 6.40. The Labute approximate surface area is 153 Å². The van der Waals surface area contributed by atoms with Gasteiger partial charge in [-0.15, -0.1) is 23.2 Å². The molecule has 4 nitrogen and oxygen atoms in total. The SMILES string of the molecule is COc1ccccc1C(CNC(=O)C1(C)CC1(Cl)Cl)N1CCCC1. The summed E-state index contributed by atoms with van der Waals surface area (Å²) in [6.07, 6.45) is 2.87. The maximum atomic E-state index is 12.5. The second-order valence-corrected chi connectivity index (χ2v) is 8.41. The molecule has 132 valence electrons. The quantitative estimate of drug-likeness (QED) is 0.778. The van der Waals surface area contributed by atoms with Gasteiger partial charge in [-0.3, -0.25) is 9.69 Å². The molecule has 1 N–H and O–H groups in total. The summed E-state index contributed by atoms with van der Waals surface area (Å²) in [6.45, 7) is 4.41. The standard InChI is InChI=1S/C18H24Cl2N2O2/c1-17(12-18(17,19)20)16(23)21-11-14(22-9-5-6-10-22)13-7-3-4-8-15(13)24-2/h3-4,7-8,14H,5-6,9-12H2,1-2H3,(H,21,23). The predicted molar refractivity (Wildman–Crippen MR) is 96.7 cm³/mol. The normalized spacial score (nSPS) is 26.8. The molecule has 0 spiro atoms. The number of hydrogen-bond acceptors (Lipinski definition) is 3. The van der Waals surface area contributed by atoms with Crippen molar-refractivity contribution in [2.24, 2.45) is 5.41 Å². The van der Waals surface area contributed by atoms with Gasteiger partial charge in [0.1, 0.15) is 10.1 Å². The van der Waals surface area contributed by atoms with E-state index in [1.807, 2.05) is 25.1 Å². The lowest BCUT2D eigenvalue weighted by Crippen LogP contribution is -2.40. The largest absolute Gasteiger partial charge is 0.496 e. The highest BCUT2D eigenvalue weighted by atomic mass is 35.5. The fraction of sp³-hybridized carbons (Fsp3) is 0.611. The van der Waals surface area contributed by atoms with Gasteiger partial charge in [0.15, 0.2) is 0 Å². The van der Waals surface area contributed by atoms with Gasteiger partial charge < -0.3 is 10.1 Å². The first-order chi connectivity index (χ1) is 11.4. The Morgan fingerprint density at radius 3 is 2.54 bits per heavy atom. The van der Waals surface area contributed by atoms with Gasteiger partial charge in [0.05, 0.1) is 18.6 Å². The molecule has 1 aliphatic heterocycles. The summed E-state index contributed by atoms with van der Waals surface area (Å²) < 4.78 is 4.58. The van der Waals surface area contributed by atoms with E-state index in [1.54, 1.807) is 7.11 Å². The fourth-order valence-corrected chi connectivity index (χ4v) is 4.17. The van der Waals surface area contributed by atoms with Crippen LogP contribution in [0.2, 0.25) is 0 Å². The molecular formula is C18H24Cl2N2O2. The van der Waals surface area contributed by atoms with Gasteiger partial charge in [-0.1, -0.05) is 18.2 Å². The number of ether oxygens (including phenoxy) is 1. The van der Waals surface area contributed by atoms with Gasteiger partial charge >= 0.3 is 0 Å². The number of carbonyl (C=O) groups is 1. The smallest absolute Gasteiger partial charge is 0.229 e. The molecule has 2 aliphatic rings. The van der Waals surface area contributed by atoms with Crippen LogP contribution in [-0.2, 0) is 4.79 Å². The summed E-state index contributed by atoms with van der Waals surface area (Å²) in [5.41, 5.74) is 0.415. The van der Waals surface area contributed by atoms with Crippen molar-refractivity contribution in [2.75, 3.05) is 26.7 Å². The van der Waals surface area contributed by atoms with Crippen molar-refractivity contribution in [3.63, 3.8) is 0 Å². The van der Waals surface area contributed by atoms with Crippen LogP contribution >= 0.6 is 23.2 Å². The van der Waals surface area contributed by atoms with Crippen LogP contribution in [0.5, 0.6) is 5.75 Å². The fourth-order valence-electron chi connectivity index (χ4n) is 3.46. The highest BCUT2D eigenvalue weighted by Gasteiger charge is 2.67. The number of amides is 1. The maximum Gasteiger partial charge on any atom is 0.229 e. The van der Waals surface area contributed by atoms with E-state index in [9.17, 15) is 4.79 Å². The van der Waals surface area contributed by atoms with Crippen LogP contribution in [0, 0.1) is 5.41 Å². The van der Waals surface area contributed by atoms with Crippen molar-refractivity contribution in [3.8, 4) is 5.75 Å². The van der Waals surface area contributed by atoms with Crippen molar-refractivity contribution in [1.29, 1.82) is 0 Å². The Hall–Kier alpha value is -0.970. The number of para-hydroxylation sites is 1. The monoisotopic (exact) mass is 370 g/mol. The number of benzene rings is 1. The molecule has 3 rings (SSSR count). The zero-order valence-electron chi connectivity index (χ0n) is 14.1. The number of hydrogen-bond donors (Lipinski definition) is 1. The molecule has 0 aromatic heterocycles. The third-order valence-electron chi connectivity index (χ3n) is 5.29. The number of nitrogens with one attached hydrogen (secondary N) is 1. The lowest BCUT2D eigenvalue weighted by atomic mass is 10.0. The van der Waals surface area contributed by atoms with E-state index >= 15 is 0 Å². The van der Waals surface area contributed by atoms with Crippen molar-refractivity contribution in [2.45, 2.75) is 36.6 Å². The zero-order chi connectivity index (χ0) is 17.4. The molecule has 24 heavy (non-hydrogen) atoms. The summed E-state index contributed by atoms with van der Waals surface area (Å²) in [5.74, 6) is 0.775. The van der Waals surface area contributed by atoms with E-state index in [2.05, 4.69) is 16.3 Å². The molecule has 1 aliphatic carbocycles. The first kappa shape index (κ1) is 17.8. The summed E-state index contributed by atoms with van der Waals surface area (Å²) in [6, 6.07) is 8.09. The number of likely N-dealkylation sites (tertiary alicyclic amines) is 1. The van der Waals surface area contributed by atoms with Crippen molar-refractivity contribution in [1.82, 2.24) is 10.2 Å². The Bertz CT molecular complexity index is 617. The lowest BCUT2D eigenvalue weighted by molar-refractivity contribution is -0.126. The number of nitrogens with zero attached hydrogens (tertiary/aromatic N) is 1. The van der Waals surface area contributed by atoms with E-state index < -0.39 is 9.75 Å². The van der Waals surface area contributed by atoms with E-state index in [-0.39, 0.29) is 11.9 Å². The molecule has 2 fully saturated rings. The van der Waals surface area contributed by atoms with Gasteiger partial charge in [0, 0.05) is 12.1 Å².